The molecule has 146 valence electrons. The minimum Gasteiger partial charge on any atom is -0.493 e. The molecule has 0 heterocycles. The number of methoxy groups -OCH3 is 1. The third-order valence-corrected chi connectivity index (χ3v) is 3.76. The third-order valence-electron chi connectivity index (χ3n) is 3.76. The molecule has 0 bridgehead atoms. The van der Waals surface area contributed by atoms with E-state index >= 15 is 0 Å². The molecule has 0 fully saturated rings. The number of allylic oxidation sites excluding steroid dienone is 1. The maximum Gasteiger partial charge on any atom is 0.262 e. The van der Waals surface area contributed by atoms with E-state index in [1.165, 1.54) is 0 Å². The fraction of sp³-hybridized carbons (Fsp3) is 0.182. The second-order valence-electron chi connectivity index (χ2n) is 5.79. The average Bonchev–Trinajstić information content (AvgIpc) is 2.71. The molecule has 0 atom stereocenters. The monoisotopic (exact) mass is 380 g/mol. The quantitative estimate of drug-likeness (QED) is 0.651. The summed E-state index contributed by atoms with van der Waals surface area (Å²) >= 11 is 0. The van der Waals surface area contributed by atoms with Crippen molar-refractivity contribution in [1.82, 2.24) is 5.32 Å². The van der Waals surface area contributed by atoms with E-state index in [1.807, 2.05) is 31.2 Å². The van der Waals surface area contributed by atoms with Crippen LogP contribution in [-0.2, 0) is 4.79 Å². The van der Waals surface area contributed by atoms with Gasteiger partial charge in [0.05, 0.1) is 18.4 Å². The van der Waals surface area contributed by atoms with E-state index < -0.39 is 0 Å². The number of carbonyl (C=O) groups excluding carboxylic acids is 2. The molecule has 0 spiro atoms. The summed E-state index contributed by atoms with van der Waals surface area (Å²) in [6, 6.07) is 12.2. The van der Waals surface area contributed by atoms with Crippen molar-refractivity contribution in [2.24, 2.45) is 0 Å². The molecule has 0 aliphatic carbocycles. The molecule has 6 heteroatoms. The van der Waals surface area contributed by atoms with Gasteiger partial charge in [0.25, 0.3) is 11.8 Å². The highest BCUT2D eigenvalue weighted by atomic mass is 16.5. The normalized spacial score (nSPS) is 10.4. The number of benzene rings is 2. The number of nitrogens with one attached hydrogen (secondary N) is 2. The first kappa shape index (κ1) is 20.8. The van der Waals surface area contributed by atoms with Crippen molar-refractivity contribution in [3.05, 3.63) is 72.3 Å². The summed E-state index contributed by atoms with van der Waals surface area (Å²) in [5, 5.41) is 5.39. The van der Waals surface area contributed by atoms with Gasteiger partial charge in [-0.3, -0.25) is 9.59 Å². The van der Waals surface area contributed by atoms with E-state index in [2.05, 4.69) is 17.2 Å². The Kier molecular flexibility index (Phi) is 7.84. The van der Waals surface area contributed by atoms with Crippen molar-refractivity contribution in [3.8, 4) is 11.5 Å². The van der Waals surface area contributed by atoms with Gasteiger partial charge in [0.1, 0.15) is 0 Å². The van der Waals surface area contributed by atoms with Crippen LogP contribution in [-0.4, -0.2) is 32.1 Å². The van der Waals surface area contributed by atoms with E-state index in [0.29, 0.717) is 29.3 Å². The second-order valence-corrected chi connectivity index (χ2v) is 5.79. The van der Waals surface area contributed by atoms with E-state index in [0.717, 1.165) is 5.56 Å². The summed E-state index contributed by atoms with van der Waals surface area (Å²) in [6.45, 7) is 5.61. The molecule has 0 aromatic heterocycles. The number of rotatable bonds is 9. The van der Waals surface area contributed by atoms with Crippen LogP contribution < -0.4 is 20.1 Å². The predicted octanol–water partition coefficient (Wildman–Crippen LogP) is 3.66. The zero-order valence-corrected chi connectivity index (χ0v) is 16.0. The number of hydrogen-bond acceptors (Lipinski definition) is 4. The van der Waals surface area contributed by atoms with E-state index in [9.17, 15) is 9.59 Å². The molecule has 2 rings (SSSR count). The standard InChI is InChI=1S/C22H24N2O4/c1-4-8-16-11-12-19(20(14-16)27-3)28-15-21(25)24-18-10-7-6-9-17(18)22(26)23-13-5-2/h4-12,14H,2,13,15H2,1,3H3,(H,23,26)(H,24,25)/b8-4+. The first-order chi connectivity index (χ1) is 13.6. The van der Waals surface area contributed by atoms with Crippen molar-refractivity contribution >= 4 is 23.6 Å². The molecule has 2 aromatic rings. The molecule has 2 N–H and O–H groups in total. The number of ether oxygens (including phenoxy) is 2. The van der Waals surface area contributed by atoms with Crippen molar-refractivity contribution in [2.75, 3.05) is 25.6 Å². The van der Waals surface area contributed by atoms with Crippen molar-refractivity contribution in [2.45, 2.75) is 6.92 Å². The van der Waals surface area contributed by atoms with Gasteiger partial charge in [0.2, 0.25) is 0 Å². The summed E-state index contributed by atoms with van der Waals surface area (Å²) in [4.78, 5) is 24.5. The number of carbonyl (C=O) groups is 2. The third kappa shape index (κ3) is 5.74. The molecular weight excluding hydrogens is 356 g/mol. The lowest BCUT2D eigenvalue weighted by atomic mass is 10.1. The summed E-state index contributed by atoms with van der Waals surface area (Å²) in [5.74, 6) is 0.317. The molecule has 0 unspecified atom stereocenters. The fourth-order valence-electron chi connectivity index (χ4n) is 2.48. The van der Waals surface area contributed by atoms with Gasteiger partial charge in [-0.25, -0.2) is 0 Å². The lowest BCUT2D eigenvalue weighted by Gasteiger charge is -2.13. The molecule has 0 saturated heterocycles. The summed E-state index contributed by atoms with van der Waals surface area (Å²) in [6.07, 6.45) is 5.45. The Morgan fingerprint density at radius 2 is 1.93 bits per heavy atom. The highest BCUT2D eigenvalue weighted by Gasteiger charge is 2.13. The molecule has 28 heavy (non-hydrogen) atoms. The van der Waals surface area contributed by atoms with Gasteiger partial charge in [-0.1, -0.05) is 36.4 Å². The number of para-hydroxylation sites is 1. The largest absolute Gasteiger partial charge is 0.493 e. The Morgan fingerprint density at radius 1 is 1.14 bits per heavy atom. The van der Waals surface area contributed by atoms with Crippen LogP contribution in [0.25, 0.3) is 6.08 Å². The lowest BCUT2D eigenvalue weighted by molar-refractivity contribution is -0.118. The maximum atomic E-state index is 12.3. The van der Waals surface area contributed by atoms with Gasteiger partial charge in [-0.15, -0.1) is 6.58 Å². The first-order valence-corrected chi connectivity index (χ1v) is 8.80. The van der Waals surface area contributed by atoms with Gasteiger partial charge in [0.15, 0.2) is 18.1 Å². The SMILES string of the molecule is C=CCNC(=O)c1ccccc1NC(=O)COc1ccc(/C=C/C)cc1OC. The van der Waals surface area contributed by atoms with Crippen LogP contribution in [0, 0.1) is 0 Å². The number of amides is 2. The molecular formula is C22H24N2O4. The molecule has 0 radical (unpaired) electrons. The van der Waals surface area contributed by atoms with Crippen LogP contribution in [0.15, 0.2) is 61.2 Å². The average molecular weight is 380 g/mol. The molecule has 2 aromatic carbocycles. The topological polar surface area (TPSA) is 76.7 Å². The Morgan fingerprint density at radius 3 is 2.64 bits per heavy atom. The molecule has 0 aliphatic heterocycles. The van der Waals surface area contributed by atoms with Crippen molar-refractivity contribution in [3.63, 3.8) is 0 Å². The van der Waals surface area contributed by atoms with Crippen molar-refractivity contribution < 1.29 is 19.1 Å². The fourth-order valence-corrected chi connectivity index (χ4v) is 2.48. The summed E-state index contributed by atoms with van der Waals surface area (Å²) < 4.78 is 10.9. The number of hydrogen-bond donors (Lipinski definition) is 2. The Balaban J connectivity index is 2.04. The summed E-state index contributed by atoms with van der Waals surface area (Å²) in [5.41, 5.74) is 1.75. The zero-order valence-electron chi connectivity index (χ0n) is 16.0. The van der Waals surface area contributed by atoms with E-state index in [4.69, 9.17) is 9.47 Å². The minimum absolute atomic E-state index is 0.220. The smallest absolute Gasteiger partial charge is 0.262 e. The molecule has 6 nitrogen and oxygen atoms in total. The van der Waals surface area contributed by atoms with Crippen LogP contribution in [0.5, 0.6) is 11.5 Å². The minimum atomic E-state index is -0.386. The van der Waals surface area contributed by atoms with Gasteiger partial charge in [-0.2, -0.15) is 0 Å². The lowest BCUT2D eigenvalue weighted by Crippen LogP contribution is -2.26. The highest BCUT2D eigenvalue weighted by molar-refractivity contribution is 6.04. The zero-order chi connectivity index (χ0) is 20.4. The van der Waals surface area contributed by atoms with Gasteiger partial charge < -0.3 is 20.1 Å². The molecule has 2 amide bonds. The van der Waals surface area contributed by atoms with Gasteiger partial charge in [0, 0.05) is 6.54 Å². The van der Waals surface area contributed by atoms with Gasteiger partial charge in [-0.05, 0) is 36.8 Å². The van der Waals surface area contributed by atoms with Crippen LogP contribution in [0.1, 0.15) is 22.8 Å². The first-order valence-electron chi connectivity index (χ1n) is 8.80. The Labute approximate surface area is 164 Å². The Hall–Kier alpha value is -3.54. The van der Waals surface area contributed by atoms with Gasteiger partial charge >= 0.3 is 0 Å². The molecule has 0 saturated carbocycles. The van der Waals surface area contributed by atoms with Crippen molar-refractivity contribution in [1.29, 1.82) is 0 Å². The van der Waals surface area contributed by atoms with Crippen LogP contribution in [0.4, 0.5) is 5.69 Å². The van der Waals surface area contributed by atoms with Crippen LogP contribution in [0.2, 0.25) is 0 Å². The summed E-state index contributed by atoms with van der Waals surface area (Å²) in [7, 11) is 1.54. The number of anilines is 1. The Bertz CT molecular complexity index is 875. The second kappa shape index (κ2) is 10.6. The van der Waals surface area contributed by atoms with E-state index in [-0.39, 0.29) is 18.4 Å². The molecule has 0 aliphatic rings. The predicted molar refractivity (Wildman–Crippen MR) is 111 cm³/mol. The maximum absolute atomic E-state index is 12.3. The van der Waals surface area contributed by atoms with E-state index in [1.54, 1.807) is 43.5 Å². The highest BCUT2D eigenvalue weighted by Crippen LogP contribution is 2.28. The van der Waals surface area contributed by atoms with Crippen LogP contribution >= 0.6 is 0 Å². The van der Waals surface area contributed by atoms with Crippen LogP contribution in [0.3, 0.4) is 0 Å².